The van der Waals surface area contributed by atoms with E-state index in [0.717, 1.165) is 5.56 Å². The zero-order chi connectivity index (χ0) is 14.4. The van der Waals surface area contributed by atoms with Crippen molar-refractivity contribution < 1.29 is 14.7 Å². The first-order chi connectivity index (χ1) is 8.91. The molecule has 1 aromatic rings. The van der Waals surface area contributed by atoms with Crippen molar-refractivity contribution in [1.82, 2.24) is 5.32 Å². The molecule has 104 valence electrons. The van der Waals surface area contributed by atoms with Crippen LogP contribution in [0.15, 0.2) is 30.3 Å². The van der Waals surface area contributed by atoms with Crippen molar-refractivity contribution in [2.45, 2.75) is 39.2 Å². The van der Waals surface area contributed by atoms with Gasteiger partial charge in [0.25, 0.3) is 0 Å². The summed E-state index contributed by atoms with van der Waals surface area (Å²) in [5.41, 5.74) is 0.883. The lowest BCUT2D eigenvalue weighted by atomic mass is 9.98. The minimum absolute atomic E-state index is 0.216. The summed E-state index contributed by atoms with van der Waals surface area (Å²) >= 11 is 0. The minimum atomic E-state index is -0.984. The summed E-state index contributed by atoms with van der Waals surface area (Å²) in [7, 11) is 0. The van der Waals surface area contributed by atoms with Gasteiger partial charge in [-0.1, -0.05) is 44.2 Å². The van der Waals surface area contributed by atoms with Gasteiger partial charge in [-0.25, -0.2) is 4.79 Å². The molecule has 4 nitrogen and oxygen atoms in total. The summed E-state index contributed by atoms with van der Waals surface area (Å²) in [5, 5.41) is 11.7. The molecule has 4 heteroatoms. The van der Waals surface area contributed by atoms with Gasteiger partial charge in [0.15, 0.2) is 0 Å². The fourth-order valence-electron chi connectivity index (χ4n) is 1.88. The summed E-state index contributed by atoms with van der Waals surface area (Å²) in [6.45, 7) is 5.64. The quantitative estimate of drug-likeness (QED) is 0.828. The highest BCUT2D eigenvalue weighted by Crippen LogP contribution is 2.15. The standard InChI is InChI=1S/C15H21NO3/c1-10(2)9-13(15(18)19)16-14(17)11(3)12-7-5-4-6-8-12/h4-8,10-11,13H,9H2,1-3H3,(H,16,17)(H,18,19)/t11?,13-/m1/s1. The number of nitrogens with one attached hydrogen (secondary N) is 1. The Morgan fingerprint density at radius 3 is 2.21 bits per heavy atom. The van der Waals surface area contributed by atoms with Crippen LogP contribution in [0.5, 0.6) is 0 Å². The maximum Gasteiger partial charge on any atom is 0.326 e. The Morgan fingerprint density at radius 1 is 1.16 bits per heavy atom. The molecule has 0 heterocycles. The van der Waals surface area contributed by atoms with E-state index in [2.05, 4.69) is 5.32 Å². The maximum absolute atomic E-state index is 12.1. The molecule has 1 unspecified atom stereocenters. The Labute approximate surface area is 113 Å². The van der Waals surface area contributed by atoms with Crippen LogP contribution in [0.3, 0.4) is 0 Å². The molecule has 1 rings (SSSR count). The van der Waals surface area contributed by atoms with Crippen LogP contribution in [0.4, 0.5) is 0 Å². The third-order valence-corrected chi connectivity index (χ3v) is 3.01. The monoisotopic (exact) mass is 263 g/mol. The summed E-state index contributed by atoms with van der Waals surface area (Å²) < 4.78 is 0. The van der Waals surface area contributed by atoms with Crippen molar-refractivity contribution in [3.8, 4) is 0 Å². The number of carboxylic acid groups (broad SMARTS) is 1. The van der Waals surface area contributed by atoms with Gasteiger partial charge in [0, 0.05) is 0 Å². The zero-order valence-corrected chi connectivity index (χ0v) is 11.6. The molecule has 2 N–H and O–H groups in total. The number of carbonyl (C=O) groups is 2. The van der Waals surface area contributed by atoms with Crippen LogP contribution in [-0.2, 0) is 9.59 Å². The molecule has 0 radical (unpaired) electrons. The van der Waals surface area contributed by atoms with Crippen LogP contribution in [0, 0.1) is 5.92 Å². The number of hydrogen-bond acceptors (Lipinski definition) is 2. The molecule has 2 atom stereocenters. The summed E-state index contributed by atoms with van der Waals surface area (Å²) in [4.78, 5) is 23.2. The summed E-state index contributed by atoms with van der Waals surface area (Å²) in [5.74, 6) is -1.37. The number of carbonyl (C=O) groups excluding carboxylic acids is 1. The molecular formula is C15H21NO3. The Bertz CT molecular complexity index is 428. The topological polar surface area (TPSA) is 66.4 Å². The molecular weight excluding hydrogens is 242 g/mol. The normalized spacial score (nSPS) is 13.9. The number of amides is 1. The van der Waals surface area contributed by atoms with Gasteiger partial charge in [-0.3, -0.25) is 4.79 Å². The van der Waals surface area contributed by atoms with Gasteiger partial charge in [0.05, 0.1) is 5.92 Å². The van der Waals surface area contributed by atoms with Crippen LogP contribution in [0.25, 0.3) is 0 Å². The van der Waals surface area contributed by atoms with Crippen LogP contribution >= 0.6 is 0 Å². The molecule has 0 aromatic heterocycles. The predicted octanol–water partition coefficient (Wildman–Crippen LogP) is 2.41. The maximum atomic E-state index is 12.1. The summed E-state index contributed by atoms with van der Waals surface area (Å²) in [6, 6.07) is 8.51. The average molecular weight is 263 g/mol. The molecule has 19 heavy (non-hydrogen) atoms. The van der Waals surface area contributed by atoms with Crippen molar-refractivity contribution in [2.75, 3.05) is 0 Å². The molecule has 1 aromatic carbocycles. The fourth-order valence-corrected chi connectivity index (χ4v) is 1.88. The molecule has 0 aliphatic carbocycles. The van der Waals surface area contributed by atoms with E-state index < -0.39 is 12.0 Å². The second-order valence-electron chi connectivity index (χ2n) is 5.16. The molecule has 0 spiro atoms. The lowest BCUT2D eigenvalue weighted by molar-refractivity contribution is -0.142. The van der Waals surface area contributed by atoms with E-state index >= 15 is 0 Å². The smallest absolute Gasteiger partial charge is 0.326 e. The van der Waals surface area contributed by atoms with E-state index in [-0.39, 0.29) is 17.7 Å². The summed E-state index contributed by atoms with van der Waals surface area (Å²) in [6.07, 6.45) is 0.433. The largest absolute Gasteiger partial charge is 0.480 e. The second-order valence-corrected chi connectivity index (χ2v) is 5.16. The van der Waals surface area contributed by atoms with E-state index in [4.69, 9.17) is 5.11 Å². The fraction of sp³-hybridized carbons (Fsp3) is 0.467. The molecule has 0 fully saturated rings. The number of rotatable bonds is 6. The average Bonchev–Trinajstić information content (AvgIpc) is 2.37. The van der Waals surface area contributed by atoms with Crippen molar-refractivity contribution in [2.24, 2.45) is 5.92 Å². The lowest BCUT2D eigenvalue weighted by Gasteiger charge is -2.19. The third kappa shape index (κ3) is 4.73. The van der Waals surface area contributed by atoms with Crippen LogP contribution in [0.2, 0.25) is 0 Å². The number of carboxylic acids is 1. The van der Waals surface area contributed by atoms with Crippen molar-refractivity contribution >= 4 is 11.9 Å². The van der Waals surface area contributed by atoms with Gasteiger partial charge in [0.2, 0.25) is 5.91 Å². The van der Waals surface area contributed by atoms with E-state index in [1.165, 1.54) is 0 Å². The first kappa shape index (κ1) is 15.2. The number of benzene rings is 1. The Kier molecular flexibility index (Phi) is 5.55. The highest BCUT2D eigenvalue weighted by molar-refractivity contribution is 5.87. The zero-order valence-electron chi connectivity index (χ0n) is 11.6. The first-order valence-electron chi connectivity index (χ1n) is 6.50. The lowest BCUT2D eigenvalue weighted by Crippen LogP contribution is -2.43. The van der Waals surface area contributed by atoms with Gasteiger partial charge >= 0.3 is 5.97 Å². The molecule has 1 amide bonds. The van der Waals surface area contributed by atoms with Gasteiger partial charge in [-0.15, -0.1) is 0 Å². The number of hydrogen-bond donors (Lipinski definition) is 2. The Morgan fingerprint density at radius 2 is 1.74 bits per heavy atom. The van der Waals surface area contributed by atoms with Gasteiger partial charge in [-0.2, -0.15) is 0 Å². The highest BCUT2D eigenvalue weighted by Gasteiger charge is 2.24. The Hall–Kier alpha value is -1.84. The van der Waals surface area contributed by atoms with Gasteiger partial charge in [0.1, 0.15) is 6.04 Å². The van der Waals surface area contributed by atoms with E-state index in [0.29, 0.717) is 6.42 Å². The SMILES string of the molecule is CC(C)C[C@@H](NC(=O)C(C)c1ccccc1)C(=O)O. The van der Waals surface area contributed by atoms with Crippen molar-refractivity contribution in [3.63, 3.8) is 0 Å². The number of aliphatic carboxylic acids is 1. The van der Waals surface area contributed by atoms with Crippen LogP contribution in [0.1, 0.15) is 38.7 Å². The van der Waals surface area contributed by atoms with E-state index in [9.17, 15) is 9.59 Å². The first-order valence-corrected chi connectivity index (χ1v) is 6.50. The van der Waals surface area contributed by atoms with Crippen molar-refractivity contribution in [3.05, 3.63) is 35.9 Å². The molecule has 0 aliphatic heterocycles. The molecule has 0 aliphatic rings. The molecule has 0 saturated carbocycles. The third-order valence-electron chi connectivity index (χ3n) is 3.01. The van der Waals surface area contributed by atoms with Gasteiger partial charge in [-0.05, 0) is 24.8 Å². The highest BCUT2D eigenvalue weighted by atomic mass is 16.4. The van der Waals surface area contributed by atoms with E-state index in [1.54, 1.807) is 6.92 Å². The van der Waals surface area contributed by atoms with E-state index in [1.807, 2.05) is 44.2 Å². The van der Waals surface area contributed by atoms with Crippen LogP contribution in [-0.4, -0.2) is 23.0 Å². The molecule has 0 saturated heterocycles. The Balaban J connectivity index is 2.69. The van der Waals surface area contributed by atoms with Crippen LogP contribution < -0.4 is 5.32 Å². The predicted molar refractivity (Wildman–Crippen MR) is 73.9 cm³/mol. The second kappa shape index (κ2) is 6.92. The van der Waals surface area contributed by atoms with Gasteiger partial charge < -0.3 is 10.4 Å². The minimum Gasteiger partial charge on any atom is -0.480 e. The van der Waals surface area contributed by atoms with Crippen molar-refractivity contribution in [1.29, 1.82) is 0 Å². The molecule has 0 bridgehead atoms.